The van der Waals surface area contributed by atoms with Gasteiger partial charge in [-0.2, -0.15) is 5.26 Å². The van der Waals surface area contributed by atoms with E-state index in [9.17, 15) is 4.79 Å². The number of aromatic nitrogens is 1. The molecule has 4 nitrogen and oxygen atoms in total. The molecule has 1 saturated carbocycles. The average Bonchev–Trinajstić information content (AvgIpc) is 3.02. The van der Waals surface area contributed by atoms with Crippen molar-refractivity contribution < 1.29 is 9.53 Å². The van der Waals surface area contributed by atoms with Crippen LogP contribution >= 0.6 is 0 Å². The van der Waals surface area contributed by atoms with E-state index in [-0.39, 0.29) is 11.8 Å². The second-order valence-corrected chi connectivity index (χ2v) is 3.12. The van der Waals surface area contributed by atoms with Gasteiger partial charge in [-0.3, -0.25) is 4.79 Å². The van der Waals surface area contributed by atoms with Crippen molar-refractivity contribution in [2.24, 2.45) is 0 Å². The van der Waals surface area contributed by atoms with Crippen molar-refractivity contribution in [3.63, 3.8) is 0 Å². The summed E-state index contributed by atoms with van der Waals surface area (Å²) in [5.74, 6) is 0.326. The Labute approximate surface area is 81.1 Å². The lowest BCUT2D eigenvalue weighted by molar-refractivity contribution is 0.111. The van der Waals surface area contributed by atoms with E-state index in [1.54, 1.807) is 6.07 Å². The molecule has 0 aromatic carbocycles. The first-order valence-corrected chi connectivity index (χ1v) is 4.36. The van der Waals surface area contributed by atoms with E-state index in [1.807, 2.05) is 6.07 Å². The largest absolute Gasteiger partial charge is 0.487 e. The van der Waals surface area contributed by atoms with Crippen molar-refractivity contribution in [1.82, 2.24) is 4.98 Å². The van der Waals surface area contributed by atoms with Gasteiger partial charge in [0.1, 0.15) is 11.8 Å². The molecule has 1 aliphatic carbocycles. The van der Waals surface area contributed by atoms with Crippen LogP contribution in [0, 0.1) is 11.3 Å². The number of nitrogens with zero attached hydrogens (tertiary/aromatic N) is 2. The van der Waals surface area contributed by atoms with Gasteiger partial charge in [0.25, 0.3) is 0 Å². The predicted molar refractivity (Wildman–Crippen MR) is 48.0 cm³/mol. The van der Waals surface area contributed by atoms with Crippen LogP contribution in [-0.2, 0) is 0 Å². The molecule has 2 rings (SSSR count). The van der Waals surface area contributed by atoms with Crippen LogP contribution in [0.4, 0.5) is 0 Å². The van der Waals surface area contributed by atoms with Crippen molar-refractivity contribution in [2.45, 2.75) is 18.9 Å². The molecule has 4 heteroatoms. The molecule has 1 aromatic heterocycles. The van der Waals surface area contributed by atoms with E-state index in [0.717, 1.165) is 12.8 Å². The maximum absolute atomic E-state index is 10.6. The van der Waals surface area contributed by atoms with Crippen molar-refractivity contribution in [3.05, 3.63) is 23.5 Å². The molecule has 0 bridgehead atoms. The van der Waals surface area contributed by atoms with Crippen LogP contribution in [0.3, 0.4) is 0 Å². The Kier molecular flexibility index (Phi) is 2.15. The molecule has 0 amide bonds. The van der Waals surface area contributed by atoms with Crippen LogP contribution in [0.5, 0.6) is 5.75 Å². The zero-order chi connectivity index (χ0) is 9.97. The molecule has 1 aromatic rings. The number of ether oxygens (including phenoxy) is 1. The van der Waals surface area contributed by atoms with E-state index in [4.69, 9.17) is 10.00 Å². The summed E-state index contributed by atoms with van der Waals surface area (Å²) in [5, 5.41) is 8.80. The standard InChI is InChI=1S/C10H8N2O2/c11-5-7-3-4-12-9(6-13)10(7)14-8-1-2-8/h3-4,6,8H,1-2H2. The molecule has 1 heterocycles. The Balaban J connectivity index is 2.40. The molecule has 0 spiro atoms. The molecule has 1 fully saturated rings. The van der Waals surface area contributed by atoms with Gasteiger partial charge < -0.3 is 4.74 Å². The molecular formula is C10H8N2O2. The summed E-state index contributed by atoms with van der Waals surface area (Å²) in [5.41, 5.74) is 0.574. The van der Waals surface area contributed by atoms with Gasteiger partial charge in [0, 0.05) is 6.20 Å². The molecule has 1 aliphatic rings. The van der Waals surface area contributed by atoms with Gasteiger partial charge in [0.15, 0.2) is 12.0 Å². The third-order valence-electron chi connectivity index (χ3n) is 1.97. The number of nitriles is 1. The lowest BCUT2D eigenvalue weighted by atomic mass is 10.2. The first-order chi connectivity index (χ1) is 6.85. The number of hydrogen-bond donors (Lipinski definition) is 0. The van der Waals surface area contributed by atoms with Crippen molar-refractivity contribution in [3.8, 4) is 11.8 Å². The van der Waals surface area contributed by atoms with Gasteiger partial charge >= 0.3 is 0 Å². The minimum Gasteiger partial charge on any atom is -0.487 e. The SMILES string of the molecule is N#Cc1ccnc(C=O)c1OC1CC1. The summed E-state index contributed by atoms with van der Waals surface area (Å²) in [7, 11) is 0. The maximum atomic E-state index is 10.6. The average molecular weight is 188 g/mol. The zero-order valence-corrected chi connectivity index (χ0v) is 7.43. The minimum atomic E-state index is 0.157. The quantitative estimate of drug-likeness (QED) is 0.671. The third kappa shape index (κ3) is 1.57. The monoisotopic (exact) mass is 188 g/mol. The van der Waals surface area contributed by atoms with Crippen LogP contribution in [-0.4, -0.2) is 17.4 Å². The molecule has 0 atom stereocenters. The first-order valence-electron chi connectivity index (χ1n) is 4.36. The summed E-state index contributed by atoms with van der Waals surface area (Å²) < 4.78 is 5.45. The number of rotatable bonds is 3. The molecule has 0 unspecified atom stereocenters. The fourth-order valence-corrected chi connectivity index (χ4v) is 1.11. The molecule has 0 saturated heterocycles. The summed E-state index contributed by atoms with van der Waals surface area (Å²) >= 11 is 0. The van der Waals surface area contributed by atoms with E-state index in [0.29, 0.717) is 17.6 Å². The highest BCUT2D eigenvalue weighted by Gasteiger charge is 2.26. The molecular weight excluding hydrogens is 180 g/mol. The topological polar surface area (TPSA) is 63.0 Å². The van der Waals surface area contributed by atoms with Crippen molar-refractivity contribution in [2.75, 3.05) is 0 Å². The molecule has 0 aliphatic heterocycles. The first kappa shape index (κ1) is 8.70. The highest BCUT2D eigenvalue weighted by atomic mass is 16.5. The smallest absolute Gasteiger partial charge is 0.172 e. The van der Waals surface area contributed by atoms with Crippen molar-refractivity contribution in [1.29, 1.82) is 5.26 Å². The predicted octanol–water partition coefficient (Wildman–Crippen LogP) is 1.31. The fraction of sp³-hybridized carbons (Fsp3) is 0.300. The summed E-state index contributed by atoms with van der Waals surface area (Å²) in [6, 6.07) is 3.53. The van der Waals surface area contributed by atoms with Crippen LogP contribution in [0.25, 0.3) is 0 Å². The van der Waals surface area contributed by atoms with Gasteiger partial charge in [-0.1, -0.05) is 0 Å². The van der Waals surface area contributed by atoms with Crippen LogP contribution in [0.2, 0.25) is 0 Å². The Morgan fingerprint density at radius 3 is 3.00 bits per heavy atom. The summed E-state index contributed by atoms with van der Waals surface area (Å²) in [6.45, 7) is 0. The number of aldehydes is 1. The zero-order valence-electron chi connectivity index (χ0n) is 7.43. The van der Waals surface area contributed by atoms with E-state index >= 15 is 0 Å². The lowest BCUT2D eigenvalue weighted by Crippen LogP contribution is -2.03. The Hall–Kier alpha value is -1.89. The van der Waals surface area contributed by atoms with Crippen LogP contribution in [0.15, 0.2) is 12.3 Å². The Morgan fingerprint density at radius 2 is 2.43 bits per heavy atom. The fourth-order valence-electron chi connectivity index (χ4n) is 1.11. The highest BCUT2D eigenvalue weighted by Crippen LogP contribution is 2.30. The summed E-state index contributed by atoms with van der Waals surface area (Å²) in [6.07, 6.45) is 4.17. The second kappa shape index (κ2) is 3.46. The number of hydrogen-bond acceptors (Lipinski definition) is 4. The van der Waals surface area contributed by atoms with Crippen molar-refractivity contribution >= 4 is 6.29 Å². The molecule has 0 N–H and O–H groups in total. The van der Waals surface area contributed by atoms with Gasteiger partial charge in [-0.05, 0) is 18.9 Å². The van der Waals surface area contributed by atoms with Crippen LogP contribution in [0.1, 0.15) is 28.9 Å². The second-order valence-electron chi connectivity index (χ2n) is 3.12. The normalized spacial score (nSPS) is 14.5. The molecule has 70 valence electrons. The lowest BCUT2D eigenvalue weighted by Gasteiger charge is -2.07. The van der Waals surface area contributed by atoms with E-state index in [1.165, 1.54) is 6.20 Å². The minimum absolute atomic E-state index is 0.157. The number of carbonyl (C=O) groups excluding carboxylic acids is 1. The van der Waals surface area contributed by atoms with Gasteiger partial charge in [-0.15, -0.1) is 0 Å². The van der Waals surface area contributed by atoms with E-state index in [2.05, 4.69) is 4.98 Å². The Morgan fingerprint density at radius 1 is 1.64 bits per heavy atom. The molecule has 14 heavy (non-hydrogen) atoms. The van der Waals surface area contributed by atoms with Crippen LogP contribution < -0.4 is 4.74 Å². The third-order valence-corrected chi connectivity index (χ3v) is 1.97. The van der Waals surface area contributed by atoms with Gasteiger partial charge in [0.05, 0.1) is 11.7 Å². The van der Waals surface area contributed by atoms with Gasteiger partial charge in [-0.25, -0.2) is 4.98 Å². The number of pyridine rings is 1. The van der Waals surface area contributed by atoms with E-state index < -0.39 is 0 Å². The maximum Gasteiger partial charge on any atom is 0.172 e. The van der Waals surface area contributed by atoms with Gasteiger partial charge in [0.2, 0.25) is 0 Å². The molecule has 0 radical (unpaired) electrons. The summed E-state index contributed by atoms with van der Waals surface area (Å²) in [4.78, 5) is 14.5. The number of carbonyl (C=O) groups is 1. The Bertz CT molecular complexity index is 405. The highest BCUT2D eigenvalue weighted by molar-refractivity contribution is 5.78.